The number of hydrogen-bond acceptors (Lipinski definition) is 2. The smallest absolute Gasteiger partial charge is 0.123 e. The van der Waals surface area contributed by atoms with Gasteiger partial charge in [0.2, 0.25) is 0 Å². The largest absolute Gasteiger partial charge is 0.314 e. The lowest BCUT2D eigenvalue weighted by atomic mass is 9.76. The predicted molar refractivity (Wildman–Crippen MR) is 73.7 cm³/mol. The average Bonchev–Trinajstić information content (AvgIpc) is 2.28. The SMILES string of the molecule is CS(=O)CCCNC1CC(c2ccc(F)cc2)C1. The molecule has 0 heterocycles. The maximum atomic E-state index is 12.8. The topological polar surface area (TPSA) is 29.1 Å². The normalized spacial score (nSPS) is 24.6. The zero-order chi connectivity index (χ0) is 13.0. The summed E-state index contributed by atoms with van der Waals surface area (Å²) in [4.78, 5) is 0. The Morgan fingerprint density at radius 1 is 1.33 bits per heavy atom. The average molecular weight is 269 g/mol. The highest BCUT2D eigenvalue weighted by Gasteiger charge is 2.29. The summed E-state index contributed by atoms with van der Waals surface area (Å²) in [5.41, 5.74) is 1.24. The minimum atomic E-state index is -0.679. The lowest BCUT2D eigenvalue weighted by Gasteiger charge is -2.36. The molecule has 0 aromatic heterocycles. The Labute approximate surface area is 110 Å². The van der Waals surface area contributed by atoms with E-state index in [4.69, 9.17) is 0 Å². The molecule has 0 spiro atoms. The third-order valence-electron chi connectivity index (χ3n) is 3.52. The summed E-state index contributed by atoms with van der Waals surface area (Å²) in [5, 5.41) is 3.48. The first kappa shape index (κ1) is 13.7. The Hall–Kier alpha value is -0.740. The maximum absolute atomic E-state index is 12.8. The van der Waals surface area contributed by atoms with Crippen LogP contribution in [0.2, 0.25) is 0 Å². The van der Waals surface area contributed by atoms with Crippen LogP contribution in [0, 0.1) is 5.82 Å². The fourth-order valence-corrected chi connectivity index (χ4v) is 2.92. The molecule has 1 saturated carbocycles. The molecule has 4 heteroatoms. The number of benzene rings is 1. The zero-order valence-electron chi connectivity index (χ0n) is 10.7. The molecule has 1 atom stereocenters. The van der Waals surface area contributed by atoms with Crippen molar-refractivity contribution in [1.82, 2.24) is 5.32 Å². The van der Waals surface area contributed by atoms with Crippen molar-refractivity contribution in [2.24, 2.45) is 0 Å². The van der Waals surface area contributed by atoms with Crippen LogP contribution in [0.3, 0.4) is 0 Å². The van der Waals surface area contributed by atoms with Crippen LogP contribution in [0.4, 0.5) is 4.39 Å². The molecule has 1 aliphatic rings. The van der Waals surface area contributed by atoms with Crippen molar-refractivity contribution in [3.8, 4) is 0 Å². The third kappa shape index (κ3) is 3.89. The number of halogens is 1. The summed E-state index contributed by atoms with van der Waals surface area (Å²) >= 11 is 0. The molecule has 0 bridgehead atoms. The molecule has 100 valence electrons. The molecule has 2 nitrogen and oxygen atoms in total. The van der Waals surface area contributed by atoms with Crippen LogP contribution in [-0.2, 0) is 10.8 Å². The minimum Gasteiger partial charge on any atom is -0.314 e. The van der Waals surface area contributed by atoms with Gasteiger partial charge in [0, 0.05) is 28.9 Å². The molecule has 1 aliphatic carbocycles. The molecular weight excluding hydrogens is 249 g/mol. The Balaban J connectivity index is 1.64. The standard InChI is InChI=1S/C14H20FNOS/c1-18(17)8-2-7-16-14-9-12(10-14)11-3-5-13(15)6-4-11/h3-6,12,14,16H,2,7-10H2,1H3. The highest BCUT2D eigenvalue weighted by atomic mass is 32.2. The molecule has 1 aromatic rings. The van der Waals surface area contributed by atoms with Gasteiger partial charge in [-0.25, -0.2) is 4.39 Å². The fraction of sp³-hybridized carbons (Fsp3) is 0.571. The Kier molecular flexibility index (Phi) is 4.89. The van der Waals surface area contributed by atoms with E-state index < -0.39 is 10.8 Å². The summed E-state index contributed by atoms with van der Waals surface area (Å²) in [6.07, 6.45) is 4.97. The van der Waals surface area contributed by atoms with E-state index in [1.807, 2.05) is 12.1 Å². The van der Waals surface area contributed by atoms with Gasteiger partial charge in [-0.1, -0.05) is 12.1 Å². The fourth-order valence-electron chi connectivity index (χ4n) is 2.37. The molecule has 0 radical (unpaired) electrons. The lowest BCUT2D eigenvalue weighted by molar-refractivity contribution is 0.292. The van der Waals surface area contributed by atoms with Gasteiger partial charge in [-0.3, -0.25) is 4.21 Å². The highest BCUT2D eigenvalue weighted by Crippen LogP contribution is 2.36. The molecule has 1 N–H and O–H groups in total. The molecule has 2 rings (SSSR count). The molecule has 0 aliphatic heterocycles. The van der Waals surface area contributed by atoms with Gasteiger partial charge in [0.05, 0.1) is 0 Å². The predicted octanol–water partition coefficient (Wildman–Crippen LogP) is 2.43. The maximum Gasteiger partial charge on any atom is 0.123 e. The Morgan fingerprint density at radius 2 is 2.00 bits per heavy atom. The first-order chi connectivity index (χ1) is 8.65. The molecule has 1 unspecified atom stereocenters. The van der Waals surface area contributed by atoms with Gasteiger partial charge in [0.1, 0.15) is 5.82 Å². The molecule has 1 aromatic carbocycles. The number of hydrogen-bond donors (Lipinski definition) is 1. The van der Waals surface area contributed by atoms with E-state index in [0.29, 0.717) is 12.0 Å². The molecule has 1 fully saturated rings. The summed E-state index contributed by atoms with van der Waals surface area (Å²) < 4.78 is 23.7. The first-order valence-electron chi connectivity index (χ1n) is 6.44. The van der Waals surface area contributed by atoms with E-state index in [-0.39, 0.29) is 5.82 Å². The second-order valence-corrected chi connectivity index (χ2v) is 6.56. The van der Waals surface area contributed by atoms with E-state index in [1.165, 1.54) is 17.7 Å². The van der Waals surface area contributed by atoms with Gasteiger partial charge in [0.15, 0.2) is 0 Å². The van der Waals surface area contributed by atoms with Gasteiger partial charge in [-0.05, 0) is 49.4 Å². The van der Waals surface area contributed by atoms with E-state index in [9.17, 15) is 8.60 Å². The van der Waals surface area contributed by atoms with Crippen LogP contribution >= 0.6 is 0 Å². The zero-order valence-corrected chi connectivity index (χ0v) is 11.5. The van der Waals surface area contributed by atoms with Crippen molar-refractivity contribution >= 4 is 10.8 Å². The van der Waals surface area contributed by atoms with Gasteiger partial charge >= 0.3 is 0 Å². The first-order valence-corrected chi connectivity index (χ1v) is 8.17. The van der Waals surface area contributed by atoms with E-state index in [2.05, 4.69) is 5.32 Å². The quantitative estimate of drug-likeness (QED) is 0.804. The van der Waals surface area contributed by atoms with Crippen molar-refractivity contribution in [1.29, 1.82) is 0 Å². The molecule has 18 heavy (non-hydrogen) atoms. The second-order valence-electron chi connectivity index (χ2n) is 5.00. The van der Waals surface area contributed by atoms with Crippen LogP contribution in [-0.4, -0.2) is 28.8 Å². The van der Waals surface area contributed by atoms with Gasteiger partial charge in [-0.2, -0.15) is 0 Å². The van der Waals surface area contributed by atoms with E-state index >= 15 is 0 Å². The van der Waals surface area contributed by atoms with Crippen molar-refractivity contribution < 1.29 is 8.60 Å². The van der Waals surface area contributed by atoms with Crippen LogP contribution in [0.5, 0.6) is 0 Å². The van der Waals surface area contributed by atoms with Gasteiger partial charge in [0.25, 0.3) is 0 Å². The van der Waals surface area contributed by atoms with Crippen molar-refractivity contribution in [2.75, 3.05) is 18.6 Å². The minimum absolute atomic E-state index is 0.166. The van der Waals surface area contributed by atoms with Crippen LogP contribution in [0.25, 0.3) is 0 Å². The van der Waals surface area contributed by atoms with Crippen molar-refractivity contribution in [2.45, 2.75) is 31.2 Å². The number of rotatable bonds is 6. The van der Waals surface area contributed by atoms with Crippen molar-refractivity contribution in [3.63, 3.8) is 0 Å². The van der Waals surface area contributed by atoms with Gasteiger partial charge < -0.3 is 5.32 Å². The molecule has 0 amide bonds. The monoisotopic (exact) mass is 269 g/mol. The Bertz CT molecular complexity index is 401. The summed E-state index contributed by atoms with van der Waals surface area (Å²) in [6, 6.07) is 7.41. The summed E-state index contributed by atoms with van der Waals surface area (Å²) in [7, 11) is -0.679. The summed E-state index contributed by atoms with van der Waals surface area (Å²) in [6.45, 7) is 0.945. The van der Waals surface area contributed by atoms with Crippen molar-refractivity contribution in [3.05, 3.63) is 35.6 Å². The van der Waals surface area contributed by atoms with Crippen LogP contribution in [0.1, 0.15) is 30.7 Å². The lowest BCUT2D eigenvalue weighted by Crippen LogP contribution is -2.40. The summed E-state index contributed by atoms with van der Waals surface area (Å²) in [5.74, 6) is 1.19. The molecular formula is C14H20FNOS. The highest BCUT2D eigenvalue weighted by molar-refractivity contribution is 7.84. The van der Waals surface area contributed by atoms with E-state index in [1.54, 1.807) is 6.26 Å². The van der Waals surface area contributed by atoms with E-state index in [0.717, 1.165) is 31.6 Å². The van der Waals surface area contributed by atoms with Crippen LogP contribution in [0.15, 0.2) is 24.3 Å². The number of nitrogens with one attached hydrogen (secondary N) is 1. The van der Waals surface area contributed by atoms with Crippen LogP contribution < -0.4 is 5.32 Å². The molecule has 0 saturated heterocycles. The Morgan fingerprint density at radius 3 is 2.61 bits per heavy atom. The second kappa shape index (κ2) is 6.43. The van der Waals surface area contributed by atoms with Gasteiger partial charge in [-0.15, -0.1) is 0 Å². The third-order valence-corrected chi connectivity index (χ3v) is 4.38.